The molecule has 0 aromatic heterocycles. The summed E-state index contributed by atoms with van der Waals surface area (Å²) in [6.45, 7) is 9.42. The lowest BCUT2D eigenvalue weighted by atomic mass is 10.1. The van der Waals surface area contributed by atoms with Gasteiger partial charge in [0, 0.05) is 38.3 Å². The van der Waals surface area contributed by atoms with E-state index in [1.54, 1.807) is 6.07 Å². The molecule has 1 heterocycles. The molecular weight excluding hydrogens is 350 g/mol. The Morgan fingerprint density at radius 1 is 1.33 bits per heavy atom. The molecule has 1 aromatic carbocycles. The van der Waals surface area contributed by atoms with E-state index in [1.807, 2.05) is 18.7 Å². The van der Waals surface area contributed by atoms with Gasteiger partial charge in [0.05, 0.1) is 16.2 Å². The van der Waals surface area contributed by atoms with Crippen LogP contribution in [0.25, 0.3) is 0 Å². The maximum Gasteiger partial charge on any atom is 0.341 e. The van der Waals surface area contributed by atoms with E-state index in [1.165, 1.54) is 17.0 Å². The Morgan fingerprint density at radius 2 is 2.00 bits per heavy atom. The van der Waals surface area contributed by atoms with Crippen LogP contribution >= 0.6 is 0 Å². The van der Waals surface area contributed by atoms with Gasteiger partial charge in [-0.3, -0.25) is 14.9 Å². The zero-order valence-electron chi connectivity index (χ0n) is 15.8. The molecule has 1 aliphatic rings. The van der Waals surface area contributed by atoms with Crippen LogP contribution in [0.2, 0.25) is 0 Å². The second kappa shape index (κ2) is 9.16. The smallest absolute Gasteiger partial charge is 0.341 e. The van der Waals surface area contributed by atoms with E-state index in [9.17, 15) is 19.7 Å². The van der Waals surface area contributed by atoms with E-state index in [2.05, 4.69) is 6.58 Å². The molecule has 0 bridgehead atoms. The summed E-state index contributed by atoms with van der Waals surface area (Å²) in [5.41, 5.74) is 1.35. The summed E-state index contributed by atoms with van der Waals surface area (Å²) in [6, 6.07) is 4.16. The van der Waals surface area contributed by atoms with Crippen LogP contribution in [0.15, 0.2) is 30.4 Å². The number of anilines is 1. The first kappa shape index (κ1) is 20.4. The van der Waals surface area contributed by atoms with Crippen LogP contribution in [-0.4, -0.2) is 54.5 Å². The summed E-state index contributed by atoms with van der Waals surface area (Å²) in [5.74, 6) is -1.07. The molecule has 1 fully saturated rings. The van der Waals surface area contributed by atoms with Crippen molar-refractivity contribution in [2.45, 2.75) is 26.7 Å². The topological polar surface area (TPSA) is 93.0 Å². The summed E-state index contributed by atoms with van der Waals surface area (Å²) in [5, 5.41) is 11.1. The predicted molar refractivity (Wildman–Crippen MR) is 102 cm³/mol. The molecule has 1 aliphatic heterocycles. The van der Waals surface area contributed by atoms with E-state index in [4.69, 9.17) is 4.74 Å². The molecule has 1 aromatic rings. The van der Waals surface area contributed by atoms with Crippen molar-refractivity contribution < 1.29 is 19.2 Å². The standard InChI is InChI=1S/C19H25N3O5/c1-4-20(12-14(2)3)18(23)13-27-19(24)16-11-15(22(25)26)7-8-17(16)21-9-5-6-10-21/h7-8,11H,2,4-6,9-10,12-13H2,1,3H3. The van der Waals surface area contributed by atoms with Gasteiger partial charge in [0.2, 0.25) is 0 Å². The number of nitrogens with zero attached hydrogens (tertiary/aromatic N) is 3. The van der Waals surface area contributed by atoms with E-state index in [0.717, 1.165) is 31.5 Å². The van der Waals surface area contributed by atoms with Crippen molar-refractivity contribution in [1.29, 1.82) is 0 Å². The minimum atomic E-state index is -0.736. The highest BCUT2D eigenvalue weighted by molar-refractivity contribution is 5.97. The zero-order chi connectivity index (χ0) is 20.0. The highest BCUT2D eigenvalue weighted by atomic mass is 16.6. The second-order valence-corrected chi connectivity index (χ2v) is 6.59. The number of hydrogen-bond donors (Lipinski definition) is 0. The molecule has 0 atom stereocenters. The van der Waals surface area contributed by atoms with E-state index in [0.29, 0.717) is 18.8 Å². The van der Waals surface area contributed by atoms with Gasteiger partial charge in [0.1, 0.15) is 0 Å². The van der Waals surface area contributed by atoms with Crippen LogP contribution in [0.1, 0.15) is 37.0 Å². The van der Waals surface area contributed by atoms with Crippen LogP contribution < -0.4 is 4.90 Å². The van der Waals surface area contributed by atoms with Crippen LogP contribution in [0.5, 0.6) is 0 Å². The van der Waals surface area contributed by atoms with E-state index < -0.39 is 17.5 Å². The largest absolute Gasteiger partial charge is 0.452 e. The highest BCUT2D eigenvalue weighted by Crippen LogP contribution is 2.29. The lowest BCUT2D eigenvalue weighted by Crippen LogP contribution is -2.35. The van der Waals surface area contributed by atoms with Crippen LogP contribution in [-0.2, 0) is 9.53 Å². The first-order valence-electron chi connectivity index (χ1n) is 8.96. The summed E-state index contributed by atoms with van der Waals surface area (Å²) in [7, 11) is 0. The van der Waals surface area contributed by atoms with Crippen LogP contribution in [0.4, 0.5) is 11.4 Å². The third-order valence-corrected chi connectivity index (χ3v) is 4.38. The lowest BCUT2D eigenvalue weighted by molar-refractivity contribution is -0.384. The number of ether oxygens (including phenoxy) is 1. The fourth-order valence-electron chi connectivity index (χ4n) is 3.03. The molecule has 0 N–H and O–H groups in total. The minimum absolute atomic E-state index is 0.113. The summed E-state index contributed by atoms with van der Waals surface area (Å²) in [6.07, 6.45) is 1.99. The van der Waals surface area contributed by atoms with Crippen molar-refractivity contribution in [2.75, 3.05) is 37.7 Å². The molecule has 8 heteroatoms. The molecule has 1 amide bonds. The quantitative estimate of drug-likeness (QED) is 0.300. The third-order valence-electron chi connectivity index (χ3n) is 4.38. The zero-order valence-corrected chi connectivity index (χ0v) is 15.8. The number of carbonyl (C=O) groups excluding carboxylic acids is 2. The fraction of sp³-hybridized carbons (Fsp3) is 0.474. The first-order chi connectivity index (χ1) is 12.8. The molecule has 27 heavy (non-hydrogen) atoms. The van der Waals surface area contributed by atoms with Crippen molar-refractivity contribution in [3.05, 3.63) is 46.0 Å². The van der Waals surface area contributed by atoms with Gasteiger partial charge >= 0.3 is 5.97 Å². The molecule has 8 nitrogen and oxygen atoms in total. The Balaban J connectivity index is 2.16. The number of esters is 1. The van der Waals surface area contributed by atoms with Crippen LogP contribution in [0, 0.1) is 10.1 Å². The third kappa shape index (κ3) is 5.29. The lowest BCUT2D eigenvalue weighted by Gasteiger charge is -2.22. The number of hydrogen-bond acceptors (Lipinski definition) is 6. The Bertz CT molecular complexity index is 741. The number of likely N-dealkylation sites (N-methyl/N-ethyl adjacent to an activating group) is 1. The molecule has 146 valence electrons. The monoisotopic (exact) mass is 375 g/mol. The number of nitro groups is 1. The van der Waals surface area contributed by atoms with Gasteiger partial charge in [-0.25, -0.2) is 4.79 Å². The first-order valence-corrected chi connectivity index (χ1v) is 8.96. The maximum atomic E-state index is 12.6. The van der Waals surface area contributed by atoms with Crippen molar-refractivity contribution in [3.8, 4) is 0 Å². The van der Waals surface area contributed by atoms with Gasteiger partial charge in [0.15, 0.2) is 6.61 Å². The Labute approximate surface area is 158 Å². The number of amides is 1. The molecule has 0 aliphatic carbocycles. The predicted octanol–water partition coefficient (Wildman–Crippen LogP) is 2.78. The molecule has 0 spiro atoms. The Morgan fingerprint density at radius 3 is 2.56 bits per heavy atom. The average molecular weight is 375 g/mol. The van der Waals surface area contributed by atoms with Crippen molar-refractivity contribution in [3.63, 3.8) is 0 Å². The van der Waals surface area contributed by atoms with E-state index >= 15 is 0 Å². The van der Waals surface area contributed by atoms with Crippen molar-refractivity contribution in [2.24, 2.45) is 0 Å². The summed E-state index contributed by atoms with van der Waals surface area (Å²) in [4.78, 5) is 38.9. The van der Waals surface area contributed by atoms with Crippen LogP contribution in [0.3, 0.4) is 0 Å². The number of rotatable bonds is 8. The number of nitro benzene ring substituents is 1. The van der Waals surface area contributed by atoms with Gasteiger partial charge in [-0.05, 0) is 32.8 Å². The highest BCUT2D eigenvalue weighted by Gasteiger charge is 2.24. The molecular formula is C19H25N3O5. The fourth-order valence-corrected chi connectivity index (χ4v) is 3.03. The average Bonchev–Trinajstić information content (AvgIpc) is 3.17. The van der Waals surface area contributed by atoms with Gasteiger partial charge < -0.3 is 14.5 Å². The summed E-state index contributed by atoms with van der Waals surface area (Å²) >= 11 is 0. The van der Waals surface area contributed by atoms with Gasteiger partial charge in [0.25, 0.3) is 11.6 Å². The minimum Gasteiger partial charge on any atom is -0.452 e. The molecule has 0 unspecified atom stereocenters. The van der Waals surface area contributed by atoms with Gasteiger partial charge in [-0.2, -0.15) is 0 Å². The summed E-state index contributed by atoms with van der Waals surface area (Å²) < 4.78 is 5.18. The molecule has 0 saturated carbocycles. The van der Waals surface area contributed by atoms with Crippen molar-refractivity contribution >= 4 is 23.3 Å². The number of non-ortho nitro benzene ring substituents is 1. The van der Waals surface area contributed by atoms with Gasteiger partial charge in [-0.1, -0.05) is 12.2 Å². The molecule has 1 saturated heterocycles. The second-order valence-electron chi connectivity index (χ2n) is 6.59. The molecule has 2 rings (SSSR count). The normalized spacial score (nSPS) is 13.3. The van der Waals surface area contributed by atoms with Crippen molar-refractivity contribution in [1.82, 2.24) is 4.90 Å². The Kier molecular flexibility index (Phi) is 6.92. The number of benzene rings is 1. The Hall–Kier alpha value is -2.90. The SMILES string of the molecule is C=C(C)CN(CC)C(=O)COC(=O)c1cc([N+](=O)[O-])ccc1N1CCCC1. The van der Waals surface area contributed by atoms with Gasteiger partial charge in [-0.15, -0.1) is 0 Å². The maximum absolute atomic E-state index is 12.6. The van der Waals surface area contributed by atoms with E-state index in [-0.39, 0.29) is 17.2 Å². The number of carbonyl (C=O) groups is 2. The molecule has 0 radical (unpaired) electrons.